The molecule has 0 radical (unpaired) electrons. The highest BCUT2D eigenvalue weighted by Gasteiger charge is 2.46. The zero-order valence-corrected chi connectivity index (χ0v) is 9.17. The van der Waals surface area contributed by atoms with Gasteiger partial charge in [-0.25, -0.2) is 0 Å². The van der Waals surface area contributed by atoms with Gasteiger partial charge in [-0.1, -0.05) is 0 Å². The molecule has 1 spiro atoms. The number of rotatable bonds is 1. The first kappa shape index (κ1) is 9.51. The molecular formula is C12H14N2O2. The fourth-order valence-corrected chi connectivity index (χ4v) is 2.30. The second kappa shape index (κ2) is 3.14. The topological polar surface area (TPSA) is 50.4 Å². The van der Waals surface area contributed by atoms with Crippen LogP contribution in [0.5, 0.6) is 5.75 Å². The number of nitrogens with one attached hydrogen (secondary N) is 2. The van der Waals surface area contributed by atoms with Crippen LogP contribution in [0.4, 0.5) is 11.4 Å². The molecule has 0 bridgehead atoms. The Morgan fingerprint density at radius 1 is 1.31 bits per heavy atom. The molecule has 1 aromatic carbocycles. The molecule has 4 heteroatoms. The van der Waals surface area contributed by atoms with Crippen LogP contribution in [-0.2, 0) is 4.79 Å². The number of ether oxygens (including phenoxy) is 1. The van der Waals surface area contributed by atoms with E-state index in [0.717, 1.165) is 36.4 Å². The highest BCUT2D eigenvalue weighted by molar-refractivity contribution is 6.06. The molecule has 1 heterocycles. The van der Waals surface area contributed by atoms with Crippen molar-refractivity contribution in [1.82, 2.24) is 0 Å². The van der Waals surface area contributed by atoms with Gasteiger partial charge in [0, 0.05) is 6.07 Å². The maximum atomic E-state index is 11.9. The average molecular weight is 218 g/mol. The summed E-state index contributed by atoms with van der Waals surface area (Å²) in [5.74, 6) is 0.838. The van der Waals surface area contributed by atoms with Gasteiger partial charge in [0.2, 0.25) is 5.91 Å². The van der Waals surface area contributed by atoms with E-state index >= 15 is 0 Å². The lowest BCUT2D eigenvalue weighted by atomic mass is 9.74. The molecule has 1 aliphatic heterocycles. The van der Waals surface area contributed by atoms with Crippen molar-refractivity contribution in [2.24, 2.45) is 0 Å². The van der Waals surface area contributed by atoms with Crippen LogP contribution in [0, 0.1) is 0 Å². The lowest BCUT2D eigenvalue weighted by Crippen LogP contribution is -2.57. The van der Waals surface area contributed by atoms with Gasteiger partial charge < -0.3 is 15.4 Å². The van der Waals surface area contributed by atoms with Crippen LogP contribution in [0.25, 0.3) is 0 Å². The van der Waals surface area contributed by atoms with Crippen LogP contribution in [0.1, 0.15) is 19.3 Å². The summed E-state index contributed by atoms with van der Waals surface area (Å²) in [5, 5.41) is 6.29. The Hall–Kier alpha value is -1.71. The number of benzene rings is 1. The summed E-state index contributed by atoms with van der Waals surface area (Å²) in [4.78, 5) is 11.9. The number of carbonyl (C=O) groups excluding carboxylic acids is 1. The van der Waals surface area contributed by atoms with E-state index in [0.29, 0.717) is 0 Å². The predicted molar refractivity (Wildman–Crippen MR) is 61.8 cm³/mol. The van der Waals surface area contributed by atoms with Crippen LogP contribution in [0.2, 0.25) is 0 Å². The minimum Gasteiger partial charge on any atom is -0.497 e. The van der Waals surface area contributed by atoms with Crippen LogP contribution < -0.4 is 15.4 Å². The molecule has 1 fully saturated rings. The molecule has 16 heavy (non-hydrogen) atoms. The fourth-order valence-electron chi connectivity index (χ4n) is 2.30. The summed E-state index contributed by atoms with van der Waals surface area (Å²) in [6, 6.07) is 5.69. The van der Waals surface area contributed by atoms with Gasteiger partial charge in [0.25, 0.3) is 0 Å². The van der Waals surface area contributed by atoms with E-state index in [2.05, 4.69) is 10.6 Å². The number of carbonyl (C=O) groups is 1. The summed E-state index contributed by atoms with van der Waals surface area (Å²) in [6.45, 7) is 0. The van der Waals surface area contributed by atoms with Crippen molar-refractivity contribution in [3.8, 4) is 5.75 Å². The molecule has 3 rings (SSSR count). The molecule has 0 unspecified atom stereocenters. The average Bonchev–Trinajstić information content (AvgIpc) is 2.25. The summed E-state index contributed by atoms with van der Waals surface area (Å²) >= 11 is 0. The molecule has 0 atom stereocenters. The number of amides is 1. The van der Waals surface area contributed by atoms with Crippen LogP contribution >= 0.6 is 0 Å². The molecule has 1 saturated carbocycles. The number of methoxy groups -OCH3 is 1. The molecule has 1 aromatic rings. The molecule has 2 N–H and O–H groups in total. The van der Waals surface area contributed by atoms with Crippen molar-refractivity contribution in [2.45, 2.75) is 24.8 Å². The van der Waals surface area contributed by atoms with Gasteiger partial charge in [0.15, 0.2) is 0 Å². The summed E-state index contributed by atoms with van der Waals surface area (Å²) in [6.07, 6.45) is 2.96. The van der Waals surface area contributed by atoms with E-state index < -0.39 is 0 Å². The molecule has 4 nitrogen and oxygen atoms in total. The third-order valence-electron chi connectivity index (χ3n) is 3.49. The fraction of sp³-hybridized carbons (Fsp3) is 0.417. The van der Waals surface area contributed by atoms with E-state index in [1.165, 1.54) is 0 Å². The molecule has 2 aliphatic rings. The molecule has 1 amide bonds. The Kier molecular flexibility index (Phi) is 1.87. The Morgan fingerprint density at radius 2 is 2.12 bits per heavy atom. The van der Waals surface area contributed by atoms with Crippen molar-refractivity contribution >= 4 is 17.3 Å². The number of anilines is 2. The normalized spacial score (nSPS) is 20.4. The van der Waals surface area contributed by atoms with Gasteiger partial charge in [-0.05, 0) is 31.4 Å². The summed E-state index contributed by atoms with van der Waals surface area (Å²) in [7, 11) is 1.62. The Labute approximate surface area is 94.0 Å². The standard InChI is InChI=1S/C12H14N2O2/c1-16-8-3-4-9-10(7-8)13-11(15)12(14-9)5-2-6-12/h3-4,7,14H,2,5-6H2,1H3,(H,13,15). The van der Waals surface area contributed by atoms with Crippen molar-refractivity contribution in [2.75, 3.05) is 17.7 Å². The number of hydrogen-bond acceptors (Lipinski definition) is 3. The second-order valence-electron chi connectivity index (χ2n) is 4.43. The Bertz CT molecular complexity index is 452. The summed E-state index contributed by atoms with van der Waals surface area (Å²) in [5.41, 5.74) is 1.45. The van der Waals surface area contributed by atoms with Crippen molar-refractivity contribution in [3.63, 3.8) is 0 Å². The number of fused-ring (bicyclic) bond motifs is 1. The van der Waals surface area contributed by atoms with Gasteiger partial charge >= 0.3 is 0 Å². The summed E-state index contributed by atoms with van der Waals surface area (Å²) < 4.78 is 5.13. The maximum Gasteiger partial charge on any atom is 0.250 e. The van der Waals surface area contributed by atoms with Gasteiger partial charge in [-0.15, -0.1) is 0 Å². The molecule has 0 saturated heterocycles. The van der Waals surface area contributed by atoms with Crippen molar-refractivity contribution in [3.05, 3.63) is 18.2 Å². The van der Waals surface area contributed by atoms with E-state index in [1.807, 2.05) is 18.2 Å². The lowest BCUT2D eigenvalue weighted by molar-refractivity contribution is -0.123. The highest BCUT2D eigenvalue weighted by atomic mass is 16.5. The Morgan fingerprint density at radius 3 is 2.75 bits per heavy atom. The minimum absolute atomic E-state index is 0.0829. The lowest BCUT2D eigenvalue weighted by Gasteiger charge is -2.44. The van der Waals surface area contributed by atoms with Gasteiger partial charge in [0.05, 0.1) is 18.5 Å². The molecule has 1 aliphatic carbocycles. The first-order chi connectivity index (χ1) is 7.73. The predicted octanol–water partition coefficient (Wildman–Crippen LogP) is 1.98. The third kappa shape index (κ3) is 1.19. The molecule has 0 aromatic heterocycles. The van der Waals surface area contributed by atoms with Crippen LogP contribution in [-0.4, -0.2) is 18.6 Å². The minimum atomic E-state index is -0.346. The van der Waals surface area contributed by atoms with Crippen LogP contribution in [0.15, 0.2) is 18.2 Å². The maximum absolute atomic E-state index is 11.9. The van der Waals surface area contributed by atoms with E-state index in [1.54, 1.807) is 7.11 Å². The quantitative estimate of drug-likeness (QED) is 0.757. The largest absolute Gasteiger partial charge is 0.497 e. The van der Waals surface area contributed by atoms with Gasteiger partial charge in [-0.3, -0.25) is 4.79 Å². The first-order valence-electron chi connectivity index (χ1n) is 5.51. The monoisotopic (exact) mass is 218 g/mol. The molecular weight excluding hydrogens is 204 g/mol. The first-order valence-corrected chi connectivity index (χ1v) is 5.51. The van der Waals surface area contributed by atoms with Crippen molar-refractivity contribution in [1.29, 1.82) is 0 Å². The van der Waals surface area contributed by atoms with Gasteiger partial charge in [0.1, 0.15) is 11.3 Å². The molecule has 84 valence electrons. The number of hydrogen-bond donors (Lipinski definition) is 2. The van der Waals surface area contributed by atoms with E-state index in [9.17, 15) is 4.79 Å². The zero-order chi connectivity index (χ0) is 11.2. The smallest absolute Gasteiger partial charge is 0.250 e. The Balaban J connectivity index is 1.98. The third-order valence-corrected chi connectivity index (χ3v) is 3.49. The van der Waals surface area contributed by atoms with Gasteiger partial charge in [-0.2, -0.15) is 0 Å². The van der Waals surface area contributed by atoms with E-state index in [4.69, 9.17) is 4.74 Å². The SMILES string of the molecule is COc1ccc2c(c1)NC(=O)C1(CCC1)N2. The zero-order valence-electron chi connectivity index (χ0n) is 9.17. The highest BCUT2D eigenvalue weighted by Crippen LogP contribution is 2.42. The second-order valence-corrected chi connectivity index (χ2v) is 4.43. The van der Waals surface area contributed by atoms with E-state index in [-0.39, 0.29) is 11.4 Å². The van der Waals surface area contributed by atoms with Crippen molar-refractivity contribution < 1.29 is 9.53 Å². The van der Waals surface area contributed by atoms with Crippen LogP contribution in [0.3, 0.4) is 0 Å².